The average Bonchev–Trinajstić information content (AvgIpc) is 2.81. The number of hydrogen-bond donors (Lipinski definition) is 2. The van der Waals surface area contributed by atoms with Gasteiger partial charge in [-0.3, -0.25) is 4.79 Å². The van der Waals surface area contributed by atoms with E-state index in [0.717, 1.165) is 11.1 Å². The molecular formula is C27H35ClN2O7. The molecule has 0 fully saturated rings. The summed E-state index contributed by atoms with van der Waals surface area (Å²) < 4.78 is 21.0. The monoisotopic (exact) mass is 534 g/mol. The van der Waals surface area contributed by atoms with Gasteiger partial charge in [-0.05, 0) is 82.5 Å². The highest BCUT2D eigenvalue weighted by Gasteiger charge is 2.34. The molecule has 0 bridgehead atoms. The molecule has 37 heavy (non-hydrogen) atoms. The molecule has 1 amide bonds. The number of benzene rings is 2. The van der Waals surface area contributed by atoms with E-state index in [4.69, 9.17) is 36.3 Å². The molecule has 2 rings (SSSR count). The van der Waals surface area contributed by atoms with E-state index in [-0.39, 0.29) is 12.5 Å². The van der Waals surface area contributed by atoms with Crippen LogP contribution in [0.1, 0.15) is 56.1 Å². The van der Waals surface area contributed by atoms with Crippen LogP contribution in [0, 0.1) is 6.92 Å². The summed E-state index contributed by atoms with van der Waals surface area (Å²) in [6.07, 6.45) is -1.58. The molecule has 1 unspecified atom stereocenters. The number of halogens is 1. The summed E-state index contributed by atoms with van der Waals surface area (Å²) in [4.78, 5) is 36.8. The third kappa shape index (κ3) is 9.59. The number of hydrogen-bond acceptors (Lipinski definition) is 8. The molecule has 0 saturated heterocycles. The van der Waals surface area contributed by atoms with Gasteiger partial charge in [-0.25, -0.2) is 9.59 Å². The van der Waals surface area contributed by atoms with Gasteiger partial charge in [-0.2, -0.15) is 0 Å². The molecule has 0 heterocycles. The molecule has 3 N–H and O–H groups in total. The number of nitrogens with one attached hydrogen (secondary N) is 1. The summed E-state index contributed by atoms with van der Waals surface area (Å²) in [5, 5.41) is 3.50. The Kier molecular flexibility index (Phi) is 10.3. The lowest BCUT2D eigenvalue weighted by Crippen LogP contribution is -2.42. The van der Waals surface area contributed by atoms with Crippen LogP contribution in [0.3, 0.4) is 0 Å². The lowest BCUT2D eigenvalue weighted by Gasteiger charge is -2.27. The molecule has 0 aromatic heterocycles. The van der Waals surface area contributed by atoms with E-state index in [1.807, 2.05) is 19.1 Å². The maximum absolute atomic E-state index is 12.6. The number of carbonyl (C=O) groups is 3. The second-order valence-electron chi connectivity index (χ2n) is 9.63. The van der Waals surface area contributed by atoms with Crippen LogP contribution < -0.4 is 15.8 Å². The molecule has 2 aromatic rings. The number of ether oxygens (including phenoxy) is 4. The first-order valence-electron chi connectivity index (χ1n) is 11.9. The fraction of sp³-hybridized carbons (Fsp3) is 0.444. The minimum atomic E-state index is -1.36. The van der Waals surface area contributed by atoms with Gasteiger partial charge in [0.15, 0.2) is 5.60 Å². The SMILES string of the molecule is Cc1cc(C(=O)NCCc2ccc(OC(C)(C)C(=O)OC(C)OC(=O)OC(C)(C)CN)cc2)ccc1Cl. The Labute approximate surface area is 222 Å². The van der Waals surface area contributed by atoms with Gasteiger partial charge >= 0.3 is 12.1 Å². The molecular weight excluding hydrogens is 500 g/mol. The van der Waals surface area contributed by atoms with Gasteiger partial charge in [0.25, 0.3) is 5.91 Å². The van der Waals surface area contributed by atoms with E-state index < -0.39 is 29.6 Å². The summed E-state index contributed by atoms with van der Waals surface area (Å²) in [6, 6.07) is 12.3. The molecule has 0 aliphatic carbocycles. The van der Waals surface area contributed by atoms with Crippen molar-refractivity contribution in [3.63, 3.8) is 0 Å². The minimum Gasteiger partial charge on any atom is -0.476 e. The standard InChI is InChI=1S/C27H35ClN2O7/c1-17-15-20(9-12-22(17)28)23(31)30-14-13-19-7-10-21(11-8-19)36-27(5,6)24(32)34-18(2)35-25(33)37-26(3,4)16-29/h7-12,15,18H,13-14,16,29H2,1-6H3,(H,30,31). The molecule has 0 aliphatic rings. The Balaban J connectivity index is 1.83. The first kappa shape index (κ1) is 29.9. The van der Waals surface area contributed by atoms with Crippen LogP contribution in [0.4, 0.5) is 4.79 Å². The first-order chi connectivity index (χ1) is 17.2. The normalized spacial score (nSPS) is 12.3. The number of rotatable bonds is 11. The van der Waals surface area contributed by atoms with Crippen molar-refractivity contribution >= 4 is 29.6 Å². The first-order valence-corrected chi connectivity index (χ1v) is 12.2. The Bertz CT molecular complexity index is 1100. The van der Waals surface area contributed by atoms with E-state index in [9.17, 15) is 14.4 Å². The molecule has 10 heteroatoms. The number of esters is 1. The Morgan fingerprint density at radius 3 is 2.27 bits per heavy atom. The average molecular weight is 535 g/mol. The third-order valence-electron chi connectivity index (χ3n) is 5.29. The van der Waals surface area contributed by atoms with Crippen molar-refractivity contribution in [1.29, 1.82) is 0 Å². The fourth-order valence-electron chi connectivity index (χ4n) is 3.01. The van der Waals surface area contributed by atoms with E-state index >= 15 is 0 Å². The van der Waals surface area contributed by atoms with Crippen LogP contribution in [0.15, 0.2) is 42.5 Å². The number of amides is 1. The maximum atomic E-state index is 12.6. The van der Waals surface area contributed by atoms with E-state index in [1.165, 1.54) is 6.92 Å². The predicted octanol–water partition coefficient (Wildman–Crippen LogP) is 4.56. The highest BCUT2D eigenvalue weighted by molar-refractivity contribution is 6.31. The molecule has 9 nitrogen and oxygen atoms in total. The minimum absolute atomic E-state index is 0.105. The van der Waals surface area contributed by atoms with Crippen molar-refractivity contribution in [3.8, 4) is 5.75 Å². The van der Waals surface area contributed by atoms with Crippen LogP contribution >= 0.6 is 11.6 Å². The maximum Gasteiger partial charge on any atom is 0.511 e. The van der Waals surface area contributed by atoms with Crippen molar-refractivity contribution in [3.05, 3.63) is 64.2 Å². The van der Waals surface area contributed by atoms with Gasteiger partial charge in [-0.15, -0.1) is 0 Å². The molecule has 0 spiro atoms. The molecule has 202 valence electrons. The zero-order chi connectivity index (χ0) is 27.8. The summed E-state index contributed by atoms with van der Waals surface area (Å²) in [5.41, 5.74) is 5.62. The van der Waals surface area contributed by atoms with Crippen molar-refractivity contribution in [2.75, 3.05) is 13.1 Å². The van der Waals surface area contributed by atoms with Crippen LogP contribution in [0.5, 0.6) is 5.75 Å². The van der Waals surface area contributed by atoms with Crippen molar-refractivity contribution < 1.29 is 33.3 Å². The van der Waals surface area contributed by atoms with Gasteiger partial charge in [0.1, 0.15) is 11.4 Å². The zero-order valence-corrected chi connectivity index (χ0v) is 22.8. The van der Waals surface area contributed by atoms with Gasteiger partial charge in [0.05, 0.1) is 0 Å². The van der Waals surface area contributed by atoms with Crippen LogP contribution in [-0.2, 0) is 25.4 Å². The molecule has 1 atom stereocenters. The summed E-state index contributed by atoms with van der Waals surface area (Å²) in [5.74, 6) is -0.450. The van der Waals surface area contributed by atoms with Crippen LogP contribution in [0.25, 0.3) is 0 Å². The molecule has 0 radical (unpaired) electrons. The smallest absolute Gasteiger partial charge is 0.476 e. The molecule has 0 saturated carbocycles. The van der Waals surface area contributed by atoms with Gasteiger partial charge in [0.2, 0.25) is 6.29 Å². The zero-order valence-electron chi connectivity index (χ0n) is 22.1. The van der Waals surface area contributed by atoms with E-state index in [1.54, 1.807) is 58.0 Å². The summed E-state index contributed by atoms with van der Waals surface area (Å²) in [7, 11) is 0. The largest absolute Gasteiger partial charge is 0.511 e. The van der Waals surface area contributed by atoms with Crippen LogP contribution in [0.2, 0.25) is 5.02 Å². The van der Waals surface area contributed by atoms with Gasteiger partial charge in [0, 0.05) is 30.6 Å². The number of carbonyl (C=O) groups excluding carboxylic acids is 3. The summed E-state index contributed by atoms with van der Waals surface area (Å²) in [6.45, 7) is 10.1. The second kappa shape index (κ2) is 12.8. The number of nitrogens with two attached hydrogens (primary N) is 1. The van der Waals surface area contributed by atoms with E-state index in [0.29, 0.717) is 29.3 Å². The third-order valence-corrected chi connectivity index (χ3v) is 5.72. The predicted molar refractivity (Wildman–Crippen MR) is 140 cm³/mol. The van der Waals surface area contributed by atoms with Gasteiger partial charge in [-0.1, -0.05) is 23.7 Å². The number of aryl methyl sites for hydroxylation is 1. The second-order valence-corrected chi connectivity index (χ2v) is 10.0. The quantitative estimate of drug-likeness (QED) is 0.317. The Morgan fingerprint density at radius 2 is 1.68 bits per heavy atom. The topological polar surface area (TPSA) is 126 Å². The van der Waals surface area contributed by atoms with Crippen LogP contribution in [-0.4, -0.2) is 48.6 Å². The highest BCUT2D eigenvalue weighted by Crippen LogP contribution is 2.22. The Hall–Kier alpha value is -3.30. The van der Waals surface area contributed by atoms with Crippen molar-refractivity contribution in [1.82, 2.24) is 5.32 Å². The van der Waals surface area contributed by atoms with Crippen molar-refractivity contribution in [2.45, 2.75) is 65.5 Å². The van der Waals surface area contributed by atoms with Gasteiger partial charge < -0.3 is 30.0 Å². The highest BCUT2D eigenvalue weighted by atomic mass is 35.5. The lowest BCUT2D eigenvalue weighted by molar-refractivity contribution is -0.184. The summed E-state index contributed by atoms with van der Waals surface area (Å²) >= 11 is 6.01. The van der Waals surface area contributed by atoms with E-state index in [2.05, 4.69) is 5.32 Å². The lowest BCUT2D eigenvalue weighted by atomic mass is 10.1. The molecule has 0 aliphatic heterocycles. The fourth-order valence-corrected chi connectivity index (χ4v) is 3.13. The molecule has 2 aromatic carbocycles. The van der Waals surface area contributed by atoms with Crippen molar-refractivity contribution in [2.24, 2.45) is 5.73 Å². The Morgan fingerprint density at radius 1 is 1.03 bits per heavy atom.